The van der Waals surface area contributed by atoms with Gasteiger partial charge in [-0.05, 0) is 6.07 Å². The van der Waals surface area contributed by atoms with Crippen molar-refractivity contribution in [1.29, 1.82) is 0 Å². The number of carbonyl (C=O) groups is 1. The molecule has 0 unspecified atom stereocenters. The Kier molecular flexibility index (Phi) is 2.12. The molecule has 0 atom stereocenters. The summed E-state index contributed by atoms with van der Waals surface area (Å²) in [5.74, 6) is 0.0518. The Morgan fingerprint density at radius 2 is 2.55 bits per heavy atom. The van der Waals surface area contributed by atoms with Crippen LogP contribution in [0.5, 0.6) is 5.95 Å². The lowest BCUT2D eigenvalue weighted by atomic mass is 10.6. The lowest BCUT2D eigenvalue weighted by Gasteiger charge is -2.05. The number of hydrogen-bond donors (Lipinski definition) is 1. The predicted molar refractivity (Wildman–Crippen MR) is 34.3 cm³/mol. The van der Waals surface area contributed by atoms with Gasteiger partial charge in [0, 0.05) is 13.1 Å². The van der Waals surface area contributed by atoms with E-state index >= 15 is 0 Å². The average molecular weight is 157 g/mol. The fourth-order valence-electron chi connectivity index (χ4n) is 0.474. The first-order valence-electron chi connectivity index (χ1n) is 2.88. The Morgan fingerprint density at radius 3 is 3.00 bits per heavy atom. The fourth-order valence-corrected chi connectivity index (χ4v) is 0.474. The first-order chi connectivity index (χ1) is 5.20. The zero-order valence-corrected chi connectivity index (χ0v) is 5.85. The summed E-state index contributed by atoms with van der Waals surface area (Å²) in [4.78, 5) is 10.6. The number of amides is 1. The van der Waals surface area contributed by atoms with Crippen LogP contribution in [0.2, 0.25) is 0 Å². The van der Waals surface area contributed by atoms with E-state index in [1.165, 1.54) is 12.3 Å². The van der Waals surface area contributed by atoms with E-state index in [2.05, 4.69) is 9.15 Å². The number of ether oxygens (including phenoxy) is 1. The van der Waals surface area contributed by atoms with E-state index in [0.717, 1.165) is 7.05 Å². The van der Waals surface area contributed by atoms with E-state index in [4.69, 9.17) is 5.21 Å². The Morgan fingerprint density at radius 1 is 1.82 bits per heavy atom. The molecule has 60 valence electrons. The highest BCUT2D eigenvalue weighted by Gasteiger charge is 2.08. The van der Waals surface area contributed by atoms with E-state index in [0.29, 0.717) is 5.06 Å². The second kappa shape index (κ2) is 3.07. The molecule has 1 amide bonds. The topological polar surface area (TPSA) is 62.9 Å². The minimum absolute atomic E-state index is 0.0518. The highest BCUT2D eigenvalue weighted by atomic mass is 16.7. The molecule has 1 rings (SSSR count). The molecule has 0 aliphatic heterocycles. The molecular formula is C6H7NO4. The van der Waals surface area contributed by atoms with Crippen LogP contribution in [0.1, 0.15) is 0 Å². The van der Waals surface area contributed by atoms with E-state index < -0.39 is 6.09 Å². The molecule has 1 aromatic rings. The van der Waals surface area contributed by atoms with Crippen molar-refractivity contribution in [3.63, 3.8) is 0 Å². The Labute approximate surface area is 62.7 Å². The zero-order valence-electron chi connectivity index (χ0n) is 5.85. The molecule has 5 heteroatoms. The number of hydroxylamine groups is 2. The van der Waals surface area contributed by atoms with E-state index in [1.807, 2.05) is 0 Å². The van der Waals surface area contributed by atoms with Gasteiger partial charge in [-0.25, -0.2) is 4.79 Å². The molecule has 0 saturated heterocycles. The van der Waals surface area contributed by atoms with Crippen molar-refractivity contribution in [3.8, 4) is 5.95 Å². The maximum Gasteiger partial charge on any atom is 0.441 e. The molecule has 0 saturated carbocycles. The predicted octanol–water partition coefficient (Wildman–Crippen LogP) is 1.10. The molecule has 1 aromatic heterocycles. The summed E-state index contributed by atoms with van der Waals surface area (Å²) in [5.41, 5.74) is 0. The van der Waals surface area contributed by atoms with Gasteiger partial charge in [-0.3, -0.25) is 5.21 Å². The minimum atomic E-state index is -0.889. The molecule has 0 bridgehead atoms. The normalized spacial score (nSPS) is 9.27. The smallest absolute Gasteiger partial charge is 0.434 e. The summed E-state index contributed by atoms with van der Waals surface area (Å²) in [7, 11) is 1.16. The molecule has 1 N–H and O–H groups in total. The molecule has 0 spiro atoms. The summed E-state index contributed by atoms with van der Waals surface area (Å²) in [6.07, 6.45) is 0.472. The summed E-state index contributed by atoms with van der Waals surface area (Å²) in [6, 6.07) is 3.03. The van der Waals surface area contributed by atoms with Gasteiger partial charge in [0.05, 0.1) is 6.26 Å². The van der Waals surface area contributed by atoms with Crippen LogP contribution in [0.3, 0.4) is 0 Å². The lowest BCUT2D eigenvalue weighted by Crippen LogP contribution is -2.25. The number of carbonyl (C=O) groups excluding carboxylic acids is 1. The maximum absolute atomic E-state index is 10.6. The molecule has 0 fully saturated rings. The highest BCUT2D eigenvalue weighted by molar-refractivity contribution is 5.68. The monoisotopic (exact) mass is 157 g/mol. The largest absolute Gasteiger partial charge is 0.441 e. The molecule has 11 heavy (non-hydrogen) atoms. The molecule has 0 aliphatic rings. The number of hydrogen-bond acceptors (Lipinski definition) is 4. The van der Waals surface area contributed by atoms with Crippen molar-refractivity contribution in [3.05, 3.63) is 18.4 Å². The molecular weight excluding hydrogens is 150 g/mol. The van der Waals surface area contributed by atoms with Crippen molar-refractivity contribution in [2.75, 3.05) is 7.05 Å². The number of furan rings is 1. The molecule has 1 heterocycles. The van der Waals surface area contributed by atoms with Crippen molar-refractivity contribution < 1.29 is 19.2 Å². The third-order valence-electron chi connectivity index (χ3n) is 0.947. The summed E-state index contributed by atoms with van der Waals surface area (Å²) >= 11 is 0. The lowest BCUT2D eigenvalue weighted by molar-refractivity contribution is -0.0395. The zero-order chi connectivity index (χ0) is 8.27. The number of rotatable bonds is 1. The van der Waals surface area contributed by atoms with E-state index in [9.17, 15) is 4.79 Å². The van der Waals surface area contributed by atoms with Crippen molar-refractivity contribution in [2.24, 2.45) is 0 Å². The van der Waals surface area contributed by atoms with Crippen molar-refractivity contribution in [1.82, 2.24) is 5.06 Å². The van der Waals surface area contributed by atoms with E-state index in [-0.39, 0.29) is 5.95 Å². The van der Waals surface area contributed by atoms with Crippen LogP contribution in [0.15, 0.2) is 22.8 Å². The maximum atomic E-state index is 10.6. The van der Waals surface area contributed by atoms with Gasteiger partial charge in [-0.15, -0.1) is 0 Å². The highest BCUT2D eigenvalue weighted by Crippen LogP contribution is 2.10. The van der Waals surface area contributed by atoms with Crippen molar-refractivity contribution >= 4 is 6.09 Å². The van der Waals surface area contributed by atoms with Crippen LogP contribution < -0.4 is 4.74 Å². The first kappa shape index (κ1) is 7.62. The second-order valence-corrected chi connectivity index (χ2v) is 1.82. The van der Waals surface area contributed by atoms with Gasteiger partial charge in [-0.1, -0.05) is 0 Å². The molecule has 0 radical (unpaired) electrons. The van der Waals surface area contributed by atoms with Crippen molar-refractivity contribution in [2.45, 2.75) is 0 Å². The average Bonchev–Trinajstić information content (AvgIpc) is 2.39. The fraction of sp³-hybridized carbons (Fsp3) is 0.167. The van der Waals surface area contributed by atoms with Crippen LogP contribution in [-0.4, -0.2) is 23.4 Å². The van der Waals surface area contributed by atoms with Crippen LogP contribution in [0.4, 0.5) is 4.79 Å². The SMILES string of the molecule is CN(O)C(=O)Oc1ccco1. The Hall–Kier alpha value is -1.49. The van der Waals surface area contributed by atoms with Gasteiger partial charge in [0.25, 0.3) is 5.95 Å². The van der Waals surface area contributed by atoms with Gasteiger partial charge in [0.1, 0.15) is 0 Å². The molecule has 0 aliphatic carbocycles. The number of nitrogens with zero attached hydrogens (tertiary/aromatic N) is 1. The third kappa shape index (κ3) is 1.98. The van der Waals surface area contributed by atoms with Gasteiger partial charge in [0.2, 0.25) is 0 Å². The summed E-state index contributed by atoms with van der Waals surface area (Å²) in [5, 5.41) is 8.86. The third-order valence-corrected chi connectivity index (χ3v) is 0.947. The quantitative estimate of drug-likeness (QED) is 0.489. The summed E-state index contributed by atoms with van der Waals surface area (Å²) < 4.78 is 9.16. The Balaban J connectivity index is 2.50. The standard InChI is InChI=1S/C6H7NO4/c1-7(9)6(8)11-5-3-2-4-10-5/h2-4,9H,1H3. The minimum Gasteiger partial charge on any atom is -0.434 e. The van der Waals surface area contributed by atoms with Crippen LogP contribution in [-0.2, 0) is 0 Å². The van der Waals surface area contributed by atoms with E-state index in [1.54, 1.807) is 6.07 Å². The van der Waals surface area contributed by atoms with Gasteiger partial charge in [-0.2, -0.15) is 5.06 Å². The first-order valence-corrected chi connectivity index (χ1v) is 2.88. The van der Waals surface area contributed by atoms with Gasteiger partial charge < -0.3 is 9.15 Å². The Bertz CT molecular complexity index is 229. The summed E-state index contributed by atoms with van der Waals surface area (Å²) in [6.45, 7) is 0. The van der Waals surface area contributed by atoms with Gasteiger partial charge in [0.15, 0.2) is 0 Å². The molecule has 0 aromatic carbocycles. The van der Waals surface area contributed by atoms with Crippen LogP contribution in [0, 0.1) is 0 Å². The van der Waals surface area contributed by atoms with Crippen LogP contribution in [0.25, 0.3) is 0 Å². The van der Waals surface area contributed by atoms with Gasteiger partial charge >= 0.3 is 6.09 Å². The molecule has 5 nitrogen and oxygen atoms in total. The van der Waals surface area contributed by atoms with Crippen LogP contribution >= 0.6 is 0 Å². The second-order valence-electron chi connectivity index (χ2n) is 1.82.